The summed E-state index contributed by atoms with van der Waals surface area (Å²) in [6, 6.07) is 10.9. The Kier molecular flexibility index (Phi) is 7.65. The second-order valence-electron chi connectivity index (χ2n) is 7.17. The number of rotatable bonds is 8. The number of halogens is 3. The average molecular weight is 453 g/mol. The van der Waals surface area contributed by atoms with Gasteiger partial charge in [-0.15, -0.1) is 0 Å². The van der Waals surface area contributed by atoms with Crippen molar-refractivity contribution in [3.63, 3.8) is 0 Å². The fourth-order valence-corrected chi connectivity index (χ4v) is 3.20. The number of amides is 1. The van der Waals surface area contributed by atoms with E-state index in [4.69, 9.17) is 4.74 Å². The molecule has 1 fully saturated rings. The Balaban J connectivity index is 1.58. The van der Waals surface area contributed by atoms with Gasteiger partial charge in [-0.25, -0.2) is 0 Å². The summed E-state index contributed by atoms with van der Waals surface area (Å²) in [5, 5.41) is 14.2. The van der Waals surface area contributed by atoms with Crippen molar-refractivity contribution in [3.8, 4) is 0 Å². The third-order valence-electron chi connectivity index (χ3n) is 4.80. The number of carbonyl (C=O) groups is 1. The van der Waals surface area contributed by atoms with Crippen LogP contribution in [-0.2, 0) is 22.6 Å². The number of hydrogen-bond donors (Lipinski definition) is 1. The van der Waals surface area contributed by atoms with Crippen LogP contribution < -0.4 is 10.2 Å². The van der Waals surface area contributed by atoms with E-state index in [1.54, 1.807) is 30.3 Å². The van der Waals surface area contributed by atoms with Gasteiger partial charge in [0, 0.05) is 31.3 Å². The molecule has 3 rings (SSSR count). The Hall–Kier alpha value is -3.18. The summed E-state index contributed by atoms with van der Waals surface area (Å²) >= 11 is 0. The quantitative estimate of drug-likeness (QED) is 0.486. The van der Waals surface area contributed by atoms with Crippen LogP contribution in [0.1, 0.15) is 21.5 Å². The minimum atomic E-state index is -4.38. The van der Waals surface area contributed by atoms with Crippen LogP contribution in [0.3, 0.4) is 0 Å². The summed E-state index contributed by atoms with van der Waals surface area (Å²) in [4.78, 5) is 25.4. The fraction of sp³-hybridized carbons (Fsp3) is 0.381. The summed E-state index contributed by atoms with van der Waals surface area (Å²) in [7, 11) is 0. The molecule has 2 aromatic rings. The van der Waals surface area contributed by atoms with Crippen LogP contribution in [0, 0.1) is 10.1 Å². The molecule has 0 aliphatic carbocycles. The lowest BCUT2D eigenvalue weighted by Gasteiger charge is -2.28. The first kappa shape index (κ1) is 23.5. The van der Waals surface area contributed by atoms with Crippen molar-refractivity contribution >= 4 is 17.3 Å². The first-order valence-corrected chi connectivity index (χ1v) is 9.84. The maximum absolute atomic E-state index is 12.5. The SMILES string of the molecule is O=C(NCc1ccc(COCC(F)(F)F)cc1)c1ccc(N2CCOCC2)c([N+](=O)[O-])c1. The molecule has 32 heavy (non-hydrogen) atoms. The molecule has 8 nitrogen and oxygen atoms in total. The second-order valence-corrected chi connectivity index (χ2v) is 7.17. The molecule has 1 aliphatic rings. The zero-order valence-electron chi connectivity index (χ0n) is 17.1. The minimum Gasteiger partial charge on any atom is -0.378 e. The van der Waals surface area contributed by atoms with Crippen LogP contribution in [0.5, 0.6) is 0 Å². The second kappa shape index (κ2) is 10.4. The van der Waals surface area contributed by atoms with Gasteiger partial charge in [0.2, 0.25) is 0 Å². The van der Waals surface area contributed by atoms with Crippen molar-refractivity contribution in [2.75, 3.05) is 37.8 Å². The first-order chi connectivity index (χ1) is 15.2. The number of nitro groups is 1. The largest absolute Gasteiger partial charge is 0.411 e. The summed E-state index contributed by atoms with van der Waals surface area (Å²) in [5.41, 5.74) is 1.74. The van der Waals surface area contributed by atoms with Crippen molar-refractivity contribution in [2.45, 2.75) is 19.3 Å². The molecule has 1 heterocycles. The van der Waals surface area contributed by atoms with Gasteiger partial charge in [0.05, 0.1) is 24.7 Å². The maximum atomic E-state index is 12.5. The first-order valence-electron chi connectivity index (χ1n) is 9.84. The highest BCUT2D eigenvalue weighted by Crippen LogP contribution is 2.30. The summed E-state index contributed by atoms with van der Waals surface area (Å²) in [6.45, 7) is 0.681. The Morgan fingerprint density at radius 1 is 1.12 bits per heavy atom. The number of ether oxygens (including phenoxy) is 2. The average Bonchev–Trinajstić information content (AvgIpc) is 2.77. The van der Waals surface area contributed by atoms with E-state index >= 15 is 0 Å². The van der Waals surface area contributed by atoms with E-state index in [1.807, 2.05) is 4.90 Å². The molecule has 11 heteroatoms. The standard InChI is InChI=1S/C21H22F3N3O5/c22-21(23,24)14-32-13-16-3-1-15(2-4-16)12-25-20(28)17-5-6-18(19(11-17)27(29)30)26-7-9-31-10-8-26/h1-6,11H,7-10,12-14H2,(H,25,28). The molecule has 0 aromatic heterocycles. The summed E-state index contributed by atoms with van der Waals surface area (Å²) < 4.78 is 46.2. The monoisotopic (exact) mass is 453 g/mol. The molecule has 0 bridgehead atoms. The highest BCUT2D eigenvalue weighted by molar-refractivity contribution is 5.95. The van der Waals surface area contributed by atoms with E-state index in [-0.39, 0.29) is 24.4 Å². The van der Waals surface area contributed by atoms with Crippen molar-refractivity contribution in [2.24, 2.45) is 0 Å². The van der Waals surface area contributed by atoms with Gasteiger partial charge in [0.15, 0.2) is 0 Å². The van der Waals surface area contributed by atoms with Crippen LogP contribution in [-0.4, -0.2) is 49.9 Å². The van der Waals surface area contributed by atoms with Crippen LogP contribution in [0.4, 0.5) is 24.5 Å². The Morgan fingerprint density at radius 2 is 1.78 bits per heavy atom. The van der Waals surface area contributed by atoms with Crippen molar-refractivity contribution in [3.05, 3.63) is 69.3 Å². The number of alkyl halides is 3. The van der Waals surface area contributed by atoms with Crippen LogP contribution in [0.25, 0.3) is 0 Å². The van der Waals surface area contributed by atoms with E-state index in [1.165, 1.54) is 12.1 Å². The normalized spacial score (nSPS) is 14.3. The number of hydrogen-bond acceptors (Lipinski definition) is 6. The molecule has 1 saturated heterocycles. The topological polar surface area (TPSA) is 93.9 Å². The van der Waals surface area contributed by atoms with Crippen LogP contribution >= 0.6 is 0 Å². The van der Waals surface area contributed by atoms with Crippen molar-refractivity contribution in [1.29, 1.82) is 0 Å². The molecule has 1 amide bonds. The minimum absolute atomic E-state index is 0.150. The van der Waals surface area contributed by atoms with Gasteiger partial charge < -0.3 is 19.7 Å². The molecule has 0 atom stereocenters. The lowest BCUT2D eigenvalue weighted by atomic mass is 10.1. The van der Waals surface area contributed by atoms with E-state index in [0.717, 1.165) is 5.56 Å². The van der Waals surface area contributed by atoms with E-state index in [0.29, 0.717) is 37.6 Å². The Labute approximate surface area is 182 Å². The smallest absolute Gasteiger partial charge is 0.378 e. The van der Waals surface area contributed by atoms with E-state index < -0.39 is 23.6 Å². The molecule has 0 radical (unpaired) electrons. The molecular weight excluding hydrogens is 431 g/mol. The third kappa shape index (κ3) is 6.66. The van der Waals surface area contributed by atoms with Gasteiger partial charge in [-0.1, -0.05) is 24.3 Å². The van der Waals surface area contributed by atoms with Gasteiger partial charge in [0.25, 0.3) is 11.6 Å². The predicted octanol–water partition coefficient (Wildman–Crippen LogP) is 3.44. The van der Waals surface area contributed by atoms with Gasteiger partial charge in [-0.2, -0.15) is 13.2 Å². The van der Waals surface area contributed by atoms with E-state index in [9.17, 15) is 28.1 Å². The lowest BCUT2D eigenvalue weighted by molar-refractivity contribution is -0.384. The molecular formula is C21H22F3N3O5. The summed E-state index contributed by atoms with van der Waals surface area (Å²) in [5.74, 6) is -0.473. The van der Waals surface area contributed by atoms with Crippen molar-refractivity contribution in [1.82, 2.24) is 5.32 Å². The zero-order chi connectivity index (χ0) is 23.1. The molecule has 2 aromatic carbocycles. The highest BCUT2D eigenvalue weighted by atomic mass is 19.4. The highest BCUT2D eigenvalue weighted by Gasteiger charge is 2.27. The predicted molar refractivity (Wildman–Crippen MR) is 109 cm³/mol. The molecule has 0 spiro atoms. The van der Waals surface area contributed by atoms with Gasteiger partial charge in [-0.05, 0) is 23.3 Å². The maximum Gasteiger partial charge on any atom is 0.411 e. The number of nitrogens with zero attached hydrogens (tertiary/aromatic N) is 2. The molecule has 1 aliphatic heterocycles. The summed E-state index contributed by atoms with van der Waals surface area (Å²) in [6.07, 6.45) is -4.38. The number of nitro benzene ring substituents is 1. The number of morpholine rings is 1. The fourth-order valence-electron chi connectivity index (χ4n) is 3.20. The van der Waals surface area contributed by atoms with Gasteiger partial charge >= 0.3 is 6.18 Å². The van der Waals surface area contributed by atoms with Crippen LogP contribution in [0.15, 0.2) is 42.5 Å². The number of nitrogens with one attached hydrogen (secondary N) is 1. The number of carbonyl (C=O) groups excluding carboxylic acids is 1. The molecule has 0 unspecified atom stereocenters. The van der Waals surface area contributed by atoms with E-state index in [2.05, 4.69) is 10.1 Å². The molecule has 0 saturated carbocycles. The zero-order valence-corrected chi connectivity index (χ0v) is 17.1. The number of anilines is 1. The van der Waals surface area contributed by atoms with Gasteiger partial charge in [-0.3, -0.25) is 14.9 Å². The molecule has 1 N–H and O–H groups in total. The van der Waals surface area contributed by atoms with Crippen LogP contribution in [0.2, 0.25) is 0 Å². The third-order valence-corrected chi connectivity index (χ3v) is 4.80. The lowest BCUT2D eigenvalue weighted by Crippen LogP contribution is -2.36. The molecule has 172 valence electrons. The van der Waals surface area contributed by atoms with Gasteiger partial charge in [0.1, 0.15) is 12.3 Å². The number of benzene rings is 2. The Morgan fingerprint density at radius 3 is 2.41 bits per heavy atom. The Bertz CT molecular complexity index is 945. The van der Waals surface area contributed by atoms with Crippen molar-refractivity contribution < 1.29 is 32.4 Å².